The van der Waals surface area contributed by atoms with Gasteiger partial charge in [0, 0.05) is 30.5 Å². The van der Waals surface area contributed by atoms with Crippen molar-refractivity contribution in [2.75, 3.05) is 13.7 Å². The van der Waals surface area contributed by atoms with Crippen molar-refractivity contribution in [2.45, 2.75) is 13.1 Å². The maximum absolute atomic E-state index is 12.6. The van der Waals surface area contributed by atoms with Crippen LogP contribution in [0, 0.1) is 0 Å². The Bertz CT molecular complexity index is 754. The molecule has 0 saturated heterocycles. The molecule has 126 valence electrons. The molecule has 2 heterocycles. The molecule has 1 aliphatic heterocycles. The third-order valence-corrected chi connectivity index (χ3v) is 3.88. The number of carbonyl (C=O) groups excluding carboxylic acids is 2. The van der Waals surface area contributed by atoms with Crippen molar-refractivity contribution in [2.24, 2.45) is 0 Å². The molecule has 0 atom stereocenters. The summed E-state index contributed by atoms with van der Waals surface area (Å²) in [5, 5.41) is 8.71. The standard InChI is InChI=1S/C16H17N3O5/c1-23-24-14-4-2-11(3-5-14)16(21)19-7-6-18-9-12(15(20)17-22)8-13(18)10-19/h2-5,8-9,22H,6-7,10H2,1H3,(H,17,20). The van der Waals surface area contributed by atoms with Gasteiger partial charge in [0.15, 0.2) is 5.75 Å². The van der Waals surface area contributed by atoms with Gasteiger partial charge >= 0.3 is 0 Å². The van der Waals surface area contributed by atoms with Crippen LogP contribution in [-0.4, -0.2) is 40.1 Å². The molecular weight excluding hydrogens is 314 g/mol. The van der Waals surface area contributed by atoms with Crippen molar-refractivity contribution >= 4 is 11.8 Å². The molecule has 1 aromatic carbocycles. The first kappa shape index (κ1) is 16.0. The van der Waals surface area contributed by atoms with Crippen molar-refractivity contribution in [1.82, 2.24) is 14.9 Å². The quantitative estimate of drug-likeness (QED) is 0.499. The first-order chi connectivity index (χ1) is 11.6. The smallest absolute Gasteiger partial charge is 0.276 e. The minimum Gasteiger partial charge on any atom is -0.347 e. The zero-order chi connectivity index (χ0) is 17.1. The second-order valence-electron chi connectivity index (χ2n) is 5.36. The Morgan fingerprint density at radius 1 is 1.17 bits per heavy atom. The number of hydrogen-bond acceptors (Lipinski definition) is 5. The van der Waals surface area contributed by atoms with Gasteiger partial charge in [-0.05, 0) is 30.3 Å². The molecule has 2 N–H and O–H groups in total. The first-order valence-corrected chi connectivity index (χ1v) is 7.36. The lowest BCUT2D eigenvalue weighted by Crippen LogP contribution is -2.37. The van der Waals surface area contributed by atoms with Crippen molar-refractivity contribution < 1.29 is 24.6 Å². The lowest BCUT2D eigenvalue weighted by molar-refractivity contribution is -0.178. The molecule has 0 fully saturated rings. The van der Waals surface area contributed by atoms with E-state index in [1.165, 1.54) is 7.11 Å². The molecule has 3 rings (SSSR count). The molecule has 8 heteroatoms. The van der Waals surface area contributed by atoms with Crippen molar-refractivity contribution in [3.05, 3.63) is 53.3 Å². The van der Waals surface area contributed by atoms with Crippen LogP contribution in [0.5, 0.6) is 5.75 Å². The van der Waals surface area contributed by atoms with Gasteiger partial charge in [0.05, 0.1) is 19.2 Å². The average molecular weight is 331 g/mol. The van der Waals surface area contributed by atoms with E-state index in [1.807, 2.05) is 4.57 Å². The van der Waals surface area contributed by atoms with Crippen LogP contribution in [0.25, 0.3) is 0 Å². The maximum atomic E-state index is 12.6. The summed E-state index contributed by atoms with van der Waals surface area (Å²) in [6, 6.07) is 8.34. The van der Waals surface area contributed by atoms with Gasteiger partial charge in [-0.15, -0.1) is 0 Å². The predicted octanol–water partition coefficient (Wildman–Crippen LogP) is 1.20. The summed E-state index contributed by atoms with van der Waals surface area (Å²) in [7, 11) is 1.41. The fraction of sp³-hybridized carbons (Fsp3) is 0.250. The number of hydroxylamine groups is 1. The number of aromatic nitrogens is 1. The number of nitrogens with zero attached hydrogens (tertiary/aromatic N) is 2. The third kappa shape index (κ3) is 3.10. The summed E-state index contributed by atoms with van der Waals surface area (Å²) in [4.78, 5) is 35.2. The lowest BCUT2D eigenvalue weighted by Gasteiger charge is -2.28. The molecule has 0 spiro atoms. The Kier molecular flexibility index (Phi) is 4.50. The minimum atomic E-state index is -0.566. The van der Waals surface area contributed by atoms with E-state index in [1.54, 1.807) is 46.9 Å². The van der Waals surface area contributed by atoms with Crippen LogP contribution in [0.2, 0.25) is 0 Å². The van der Waals surface area contributed by atoms with E-state index < -0.39 is 5.91 Å². The zero-order valence-electron chi connectivity index (χ0n) is 13.1. The highest BCUT2D eigenvalue weighted by molar-refractivity contribution is 5.95. The van der Waals surface area contributed by atoms with Gasteiger partial charge < -0.3 is 14.4 Å². The van der Waals surface area contributed by atoms with E-state index in [2.05, 4.69) is 4.89 Å². The van der Waals surface area contributed by atoms with Crippen LogP contribution in [-0.2, 0) is 18.0 Å². The van der Waals surface area contributed by atoms with Gasteiger partial charge in [-0.3, -0.25) is 14.8 Å². The van der Waals surface area contributed by atoms with Crippen LogP contribution in [0.4, 0.5) is 0 Å². The molecule has 2 amide bonds. The average Bonchev–Trinajstić information content (AvgIpc) is 3.04. The summed E-state index contributed by atoms with van der Waals surface area (Å²) < 4.78 is 1.91. The SMILES string of the molecule is COOc1ccc(C(=O)N2CCn3cc(C(=O)NO)cc3C2)cc1. The summed E-state index contributed by atoms with van der Waals surface area (Å²) in [5.41, 5.74) is 3.36. The molecule has 0 radical (unpaired) electrons. The number of amides is 2. The first-order valence-electron chi connectivity index (χ1n) is 7.36. The van der Waals surface area contributed by atoms with E-state index in [0.29, 0.717) is 36.5 Å². The molecule has 1 aromatic heterocycles. The van der Waals surface area contributed by atoms with Crippen LogP contribution in [0.1, 0.15) is 26.4 Å². The fourth-order valence-corrected chi connectivity index (χ4v) is 2.69. The monoisotopic (exact) mass is 331 g/mol. The molecule has 24 heavy (non-hydrogen) atoms. The van der Waals surface area contributed by atoms with Gasteiger partial charge in [-0.25, -0.2) is 5.48 Å². The molecule has 2 aromatic rings. The third-order valence-electron chi connectivity index (χ3n) is 3.88. The largest absolute Gasteiger partial charge is 0.347 e. The van der Waals surface area contributed by atoms with Gasteiger partial charge in [0.25, 0.3) is 11.8 Å². The Hall–Kier alpha value is -2.84. The van der Waals surface area contributed by atoms with Crippen LogP contribution < -0.4 is 10.4 Å². The number of hydrogen-bond donors (Lipinski definition) is 2. The number of carbonyl (C=O) groups is 2. The summed E-state index contributed by atoms with van der Waals surface area (Å²) in [5.74, 6) is -0.149. The molecule has 8 nitrogen and oxygen atoms in total. The summed E-state index contributed by atoms with van der Waals surface area (Å²) in [6.45, 7) is 1.52. The van der Waals surface area contributed by atoms with Crippen molar-refractivity contribution in [3.8, 4) is 5.75 Å². The normalized spacial score (nSPS) is 13.3. The fourth-order valence-electron chi connectivity index (χ4n) is 2.69. The van der Waals surface area contributed by atoms with Gasteiger partial charge in [-0.1, -0.05) is 0 Å². The highest BCUT2D eigenvalue weighted by Gasteiger charge is 2.23. The minimum absolute atomic E-state index is 0.0976. The second kappa shape index (κ2) is 6.73. The van der Waals surface area contributed by atoms with E-state index in [0.717, 1.165) is 5.69 Å². The highest BCUT2D eigenvalue weighted by atomic mass is 17.2. The summed E-state index contributed by atoms with van der Waals surface area (Å²) in [6.07, 6.45) is 1.67. The molecule has 0 unspecified atom stereocenters. The Labute approximate surface area is 138 Å². The van der Waals surface area contributed by atoms with Crippen LogP contribution in [0.3, 0.4) is 0 Å². The number of fused-ring (bicyclic) bond motifs is 1. The van der Waals surface area contributed by atoms with E-state index >= 15 is 0 Å². The Morgan fingerprint density at radius 3 is 2.58 bits per heavy atom. The topological polar surface area (TPSA) is 93.0 Å². The Morgan fingerprint density at radius 2 is 1.92 bits per heavy atom. The maximum Gasteiger partial charge on any atom is 0.276 e. The molecule has 0 saturated carbocycles. The van der Waals surface area contributed by atoms with Crippen molar-refractivity contribution in [1.29, 1.82) is 0 Å². The van der Waals surface area contributed by atoms with E-state index in [-0.39, 0.29) is 5.91 Å². The van der Waals surface area contributed by atoms with Gasteiger partial charge in [-0.2, -0.15) is 4.89 Å². The highest BCUT2D eigenvalue weighted by Crippen LogP contribution is 2.20. The molecular formula is C16H17N3O5. The van der Waals surface area contributed by atoms with Crippen molar-refractivity contribution in [3.63, 3.8) is 0 Å². The number of benzene rings is 1. The second-order valence-corrected chi connectivity index (χ2v) is 5.36. The molecule has 1 aliphatic rings. The van der Waals surface area contributed by atoms with Crippen LogP contribution >= 0.6 is 0 Å². The number of nitrogens with one attached hydrogen (secondary N) is 1. The molecule has 0 aliphatic carbocycles. The predicted molar refractivity (Wildman–Crippen MR) is 82.5 cm³/mol. The molecule has 0 bridgehead atoms. The zero-order valence-corrected chi connectivity index (χ0v) is 13.1. The van der Waals surface area contributed by atoms with E-state index in [4.69, 9.17) is 10.1 Å². The van der Waals surface area contributed by atoms with Gasteiger partial charge in [0.1, 0.15) is 0 Å². The number of rotatable bonds is 4. The van der Waals surface area contributed by atoms with Crippen LogP contribution in [0.15, 0.2) is 36.5 Å². The van der Waals surface area contributed by atoms with E-state index in [9.17, 15) is 9.59 Å². The Balaban J connectivity index is 1.73. The van der Waals surface area contributed by atoms with Gasteiger partial charge in [0.2, 0.25) is 0 Å². The summed E-state index contributed by atoms with van der Waals surface area (Å²) >= 11 is 0. The lowest BCUT2D eigenvalue weighted by atomic mass is 10.1.